The van der Waals surface area contributed by atoms with E-state index < -0.39 is 11.7 Å². The molecule has 0 spiro atoms. The third-order valence-electron chi connectivity index (χ3n) is 3.73. The molecule has 1 rings (SSSR count). The maximum atomic E-state index is 12.2. The molecule has 2 atom stereocenters. The lowest BCUT2D eigenvalue weighted by Crippen LogP contribution is -2.51. The summed E-state index contributed by atoms with van der Waals surface area (Å²) in [6.45, 7) is 10.4. The molecule has 0 radical (unpaired) electrons. The highest BCUT2D eigenvalue weighted by Crippen LogP contribution is 2.08. The lowest BCUT2D eigenvalue weighted by molar-refractivity contribution is -0.123. The van der Waals surface area contributed by atoms with Crippen molar-refractivity contribution in [3.05, 3.63) is 35.9 Å². The van der Waals surface area contributed by atoms with Gasteiger partial charge in [0.1, 0.15) is 5.60 Å². The number of likely N-dealkylation sites (N-methyl/N-ethyl adjacent to an activating group) is 1. The third kappa shape index (κ3) is 8.85. The highest BCUT2D eigenvalue weighted by atomic mass is 16.6. The zero-order valence-corrected chi connectivity index (χ0v) is 16.6. The Balaban J connectivity index is 2.73. The minimum atomic E-state index is -0.554. The third-order valence-corrected chi connectivity index (χ3v) is 3.73. The van der Waals surface area contributed by atoms with Gasteiger partial charge in [-0.25, -0.2) is 4.79 Å². The molecule has 0 unspecified atom stereocenters. The van der Waals surface area contributed by atoms with Crippen LogP contribution in [0.15, 0.2) is 30.3 Å². The van der Waals surface area contributed by atoms with Gasteiger partial charge in [-0.1, -0.05) is 37.3 Å². The van der Waals surface area contributed by atoms with E-state index in [1.165, 1.54) is 0 Å². The Morgan fingerprint density at radius 1 is 1.12 bits per heavy atom. The summed E-state index contributed by atoms with van der Waals surface area (Å²) < 4.78 is 5.37. The van der Waals surface area contributed by atoms with Crippen molar-refractivity contribution in [1.29, 1.82) is 0 Å². The maximum absolute atomic E-state index is 12.2. The molecule has 2 amide bonds. The predicted octanol–water partition coefficient (Wildman–Crippen LogP) is 2.63. The molecule has 0 aliphatic rings. The second-order valence-corrected chi connectivity index (χ2v) is 7.30. The van der Waals surface area contributed by atoms with Crippen LogP contribution in [0.5, 0.6) is 0 Å². The quantitative estimate of drug-likeness (QED) is 0.630. The lowest BCUT2D eigenvalue weighted by atomic mass is 10.1. The molecule has 0 aliphatic carbocycles. The van der Waals surface area contributed by atoms with Gasteiger partial charge in [-0.2, -0.15) is 0 Å². The molecule has 0 fully saturated rings. The van der Waals surface area contributed by atoms with Gasteiger partial charge in [0.15, 0.2) is 0 Å². The normalized spacial score (nSPS) is 13.6. The first-order valence-corrected chi connectivity index (χ1v) is 9.29. The van der Waals surface area contributed by atoms with Gasteiger partial charge in [0.25, 0.3) is 0 Å². The van der Waals surface area contributed by atoms with E-state index in [1.807, 2.05) is 65.0 Å². The lowest BCUT2D eigenvalue weighted by Gasteiger charge is -2.25. The molecule has 6 heteroatoms. The summed E-state index contributed by atoms with van der Waals surface area (Å²) in [6.07, 6.45) is 0.876. The summed E-state index contributed by atoms with van der Waals surface area (Å²) in [5, 5.41) is 9.01. The molecule has 3 N–H and O–H groups in total. The summed E-state index contributed by atoms with van der Waals surface area (Å²) in [6, 6.07) is 9.47. The average Bonchev–Trinajstić information content (AvgIpc) is 2.54. The largest absolute Gasteiger partial charge is 0.444 e. The smallest absolute Gasteiger partial charge is 0.407 e. The number of carbonyl (C=O) groups excluding carboxylic acids is 2. The predicted molar refractivity (Wildman–Crippen MR) is 104 cm³/mol. The van der Waals surface area contributed by atoms with Crippen LogP contribution in [0.4, 0.5) is 4.79 Å². The number of benzene rings is 1. The molecule has 0 heterocycles. The Hall–Kier alpha value is -2.08. The van der Waals surface area contributed by atoms with Crippen molar-refractivity contribution in [3.63, 3.8) is 0 Å². The van der Waals surface area contributed by atoms with Crippen molar-refractivity contribution in [1.82, 2.24) is 16.0 Å². The Morgan fingerprint density at radius 2 is 1.77 bits per heavy atom. The van der Waals surface area contributed by atoms with Crippen LogP contribution < -0.4 is 16.0 Å². The Bertz CT molecular complexity index is 555. The summed E-state index contributed by atoms with van der Waals surface area (Å²) in [5.41, 5.74) is 0.559. The molecular weight excluding hydrogens is 330 g/mol. The fourth-order valence-electron chi connectivity index (χ4n) is 2.55. The average molecular weight is 364 g/mol. The molecule has 0 bridgehead atoms. The molecular formula is C20H33N3O3. The van der Waals surface area contributed by atoms with Crippen LogP contribution in [0.3, 0.4) is 0 Å². The summed E-state index contributed by atoms with van der Waals surface area (Å²) in [5.74, 6) is -0.0225. The number of amides is 2. The van der Waals surface area contributed by atoms with Crippen molar-refractivity contribution < 1.29 is 14.3 Å². The van der Waals surface area contributed by atoms with E-state index in [1.54, 1.807) is 0 Å². The van der Waals surface area contributed by atoms with Gasteiger partial charge in [0, 0.05) is 19.1 Å². The number of ether oxygens (including phenoxy) is 1. The SMILES string of the molecule is CCNC(=O)[C@H](CC)NC[C@H](Cc1ccccc1)NC(=O)OC(C)(C)C. The van der Waals surface area contributed by atoms with Gasteiger partial charge in [0.05, 0.1) is 6.04 Å². The number of carbonyl (C=O) groups is 2. The van der Waals surface area contributed by atoms with Crippen LogP contribution in [-0.2, 0) is 16.0 Å². The summed E-state index contributed by atoms with van der Waals surface area (Å²) in [4.78, 5) is 24.2. The van der Waals surface area contributed by atoms with Gasteiger partial charge < -0.3 is 20.7 Å². The fourth-order valence-corrected chi connectivity index (χ4v) is 2.55. The summed E-state index contributed by atoms with van der Waals surface area (Å²) >= 11 is 0. The molecule has 1 aromatic rings. The minimum Gasteiger partial charge on any atom is -0.444 e. The van der Waals surface area contributed by atoms with Crippen LogP contribution in [0, 0.1) is 0 Å². The van der Waals surface area contributed by atoms with Gasteiger partial charge in [-0.05, 0) is 46.1 Å². The highest BCUT2D eigenvalue weighted by Gasteiger charge is 2.22. The molecule has 0 saturated carbocycles. The van der Waals surface area contributed by atoms with E-state index in [-0.39, 0.29) is 18.0 Å². The highest BCUT2D eigenvalue weighted by molar-refractivity contribution is 5.81. The van der Waals surface area contributed by atoms with Crippen molar-refractivity contribution in [2.24, 2.45) is 0 Å². The molecule has 0 aliphatic heterocycles. The van der Waals surface area contributed by atoms with E-state index in [0.29, 0.717) is 25.9 Å². The summed E-state index contributed by atoms with van der Waals surface area (Å²) in [7, 11) is 0. The molecule has 0 aromatic heterocycles. The monoisotopic (exact) mass is 363 g/mol. The first-order valence-electron chi connectivity index (χ1n) is 9.29. The number of hydrogen-bond acceptors (Lipinski definition) is 4. The van der Waals surface area contributed by atoms with E-state index in [2.05, 4.69) is 16.0 Å². The zero-order chi connectivity index (χ0) is 19.6. The topological polar surface area (TPSA) is 79.5 Å². The molecule has 1 aromatic carbocycles. The van der Waals surface area contributed by atoms with Gasteiger partial charge in [0.2, 0.25) is 5.91 Å². The fraction of sp³-hybridized carbons (Fsp3) is 0.600. The molecule has 26 heavy (non-hydrogen) atoms. The van der Waals surface area contributed by atoms with Crippen LogP contribution in [0.2, 0.25) is 0 Å². The van der Waals surface area contributed by atoms with E-state index in [9.17, 15) is 9.59 Å². The molecule has 0 saturated heterocycles. The standard InChI is InChI=1S/C20H33N3O3/c1-6-17(18(24)21-7-2)22-14-16(13-15-11-9-8-10-12-15)23-19(25)26-20(3,4)5/h8-12,16-17,22H,6-7,13-14H2,1-5H3,(H,21,24)(H,23,25)/t16-,17-/m0/s1. The second kappa shape index (κ2) is 10.8. The number of nitrogens with one attached hydrogen (secondary N) is 3. The Kier molecular flexibility index (Phi) is 9.13. The molecule has 6 nitrogen and oxygen atoms in total. The van der Waals surface area contributed by atoms with Crippen LogP contribution >= 0.6 is 0 Å². The zero-order valence-electron chi connectivity index (χ0n) is 16.6. The maximum Gasteiger partial charge on any atom is 0.407 e. The van der Waals surface area contributed by atoms with Crippen molar-refractivity contribution in [3.8, 4) is 0 Å². The minimum absolute atomic E-state index is 0.0225. The first-order chi connectivity index (χ1) is 12.2. The Labute approximate surface area is 157 Å². The van der Waals surface area contributed by atoms with Crippen molar-refractivity contribution in [2.45, 2.75) is 65.1 Å². The van der Waals surface area contributed by atoms with Crippen molar-refractivity contribution in [2.75, 3.05) is 13.1 Å². The van der Waals surface area contributed by atoms with Crippen molar-refractivity contribution >= 4 is 12.0 Å². The Morgan fingerprint density at radius 3 is 2.31 bits per heavy atom. The van der Waals surface area contributed by atoms with E-state index >= 15 is 0 Å². The first kappa shape index (κ1) is 22.0. The van der Waals surface area contributed by atoms with Crippen LogP contribution in [0.1, 0.15) is 46.6 Å². The number of rotatable bonds is 9. The van der Waals surface area contributed by atoms with Gasteiger partial charge >= 0.3 is 6.09 Å². The van der Waals surface area contributed by atoms with Crippen LogP contribution in [-0.4, -0.2) is 42.8 Å². The van der Waals surface area contributed by atoms with Crippen LogP contribution in [0.25, 0.3) is 0 Å². The van der Waals surface area contributed by atoms with E-state index in [0.717, 1.165) is 5.56 Å². The number of hydrogen-bond donors (Lipinski definition) is 3. The van der Waals surface area contributed by atoms with Gasteiger partial charge in [-0.15, -0.1) is 0 Å². The second-order valence-electron chi connectivity index (χ2n) is 7.30. The molecule has 146 valence electrons. The van der Waals surface area contributed by atoms with Gasteiger partial charge in [-0.3, -0.25) is 4.79 Å². The van der Waals surface area contributed by atoms with E-state index in [4.69, 9.17) is 4.74 Å². The number of alkyl carbamates (subject to hydrolysis) is 1.